The number of benzene rings is 2. The molecule has 0 amide bonds. The number of nitrogens with zero attached hydrogens (tertiary/aromatic N) is 3. The molecule has 1 saturated heterocycles. The molecule has 0 aliphatic carbocycles. The van der Waals surface area contributed by atoms with Crippen LogP contribution in [-0.2, 0) is 25.3 Å². The summed E-state index contributed by atoms with van der Waals surface area (Å²) in [5, 5.41) is 11.5. The molecule has 1 fully saturated rings. The van der Waals surface area contributed by atoms with Gasteiger partial charge in [-0.1, -0.05) is 35.9 Å². The lowest BCUT2D eigenvalue weighted by atomic mass is 9.90. The van der Waals surface area contributed by atoms with Crippen LogP contribution in [0.5, 0.6) is 5.75 Å². The van der Waals surface area contributed by atoms with Gasteiger partial charge in [-0.05, 0) is 85.8 Å². The van der Waals surface area contributed by atoms with Crippen molar-refractivity contribution in [1.82, 2.24) is 14.8 Å². The highest BCUT2D eigenvalue weighted by Crippen LogP contribution is 2.39. The fraction of sp³-hybridized carbons (Fsp3) is 0.387. The highest BCUT2D eigenvalue weighted by Gasteiger charge is 2.31. The maximum Gasteiger partial charge on any atom is 0.131 e. The smallest absolute Gasteiger partial charge is 0.131 e. The van der Waals surface area contributed by atoms with E-state index in [9.17, 15) is 5.11 Å². The molecule has 2 aromatic carbocycles. The van der Waals surface area contributed by atoms with Gasteiger partial charge in [-0.3, -0.25) is 9.88 Å². The normalized spacial score (nSPS) is 20.9. The van der Waals surface area contributed by atoms with E-state index in [-0.39, 0.29) is 0 Å². The third-order valence-electron chi connectivity index (χ3n) is 7.99. The summed E-state index contributed by atoms with van der Waals surface area (Å²) in [6, 6.07) is 17.0. The second-order valence-corrected chi connectivity index (χ2v) is 11.5. The zero-order valence-corrected chi connectivity index (χ0v) is 22.3. The number of likely N-dealkylation sites (tertiary alicyclic amines) is 1. The number of pyridine rings is 1. The van der Waals surface area contributed by atoms with Crippen LogP contribution in [0.15, 0.2) is 60.8 Å². The van der Waals surface area contributed by atoms with Crippen molar-refractivity contribution in [2.24, 2.45) is 0 Å². The van der Waals surface area contributed by atoms with Crippen LogP contribution in [0.4, 0.5) is 0 Å². The van der Waals surface area contributed by atoms with Crippen molar-refractivity contribution in [3.63, 3.8) is 0 Å². The van der Waals surface area contributed by atoms with Gasteiger partial charge in [0, 0.05) is 54.6 Å². The second kappa shape index (κ2) is 9.88. The maximum absolute atomic E-state index is 10.7. The number of halogens is 1. The van der Waals surface area contributed by atoms with Crippen LogP contribution < -0.4 is 4.74 Å². The Hall–Kier alpha value is -2.70. The topological polar surface area (TPSA) is 48.8 Å². The van der Waals surface area contributed by atoms with E-state index < -0.39 is 5.60 Å². The molecule has 37 heavy (non-hydrogen) atoms. The second-order valence-electron chi connectivity index (χ2n) is 11.0. The van der Waals surface area contributed by atoms with Crippen LogP contribution in [-0.4, -0.2) is 45.6 Å². The quantitative estimate of drug-likeness (QED) is 0.467. The Labute approximate surface area is 224 Å². The Morgan fingerprint density at radius 1 is 1.11 bits per heavy atom. The molecule has 3 aliphatic heterocycles. The van der Waals surface area contributed by atoms with Crippen molar-refractivity contribution < 1.29 is 9.84 Å². The van der Waals surface area contributed by atoms with Gasteiger partial charge in [0.2, 0.25) is 0 Å². The number of hydrogen-bond donors (Lipinski definition) is 1. The zero-order valence-electron chi connectivity index (χ0n) is 21.6. The Bertz CT molecular complexity index is 1350. The summed E-state index contributed by atoms with van der Waals surface area (Å²) >= 11 is 6.22. The number of hydrogen-bond acceptors (Lipinski definition) is 5. The first-order chi connectivity index (χ1) is 17.8. The summed E-state index contributed by atoms with van der Waals surface area (Å²) in [5.74, 6) is 0.840. The Morgan fingerprint density at radius 2 is 1.97 bits per heavy atom. The molecule has 0 saturated carbocycles. The largest absolute Gasteiger partial charge is 0.487 e. The van der Waals surface area contributed by atoms with Crippen molar-refractivity contribution in [3.8, 4) is 5.75 Å². The average Bonchev–Trinajstić information content (AvgIpc) is 3.48. The molecule has 3 aliphatic rings. The van der Waals surface area contributed by atoms with E-state index in [1.807, 2.05) is 44.3 Å². The zero-order chi connectivity index (χ0) is 25.6. The maximum atomic E-state index is 10.7. The van der Waals surface area contributed by atoms with Crippen LogP contribution in [0.3, 0.4) is 0 Å². The molecule has 6 rings (SSSR count). The number of fused-ring (bicyclic) bond motifs is 3. The van der Waals surface area contributed by atoms with Gasteiger partial charge in [0.1, 0.15) is 12.4 Å². The van der Waals surface area contributed by atoms with E-state index in [0.717, 1.165) is 77.9 Å². The van der Waals surface area contributed by atoms with Crippen LogP contribution in [0.1, 0.15) is 60.2 Å². The predicted octanol–water partition coefficient (Wildman–Crippen LogP) is 5.77. The van der Waals surface area contributed by atoms with Gasteiger partial charge < -0.3 is 14.7 Å². The molecule has 0 spiro atoms. The minimum atomic E-state index is -0.921. The van der Waals surface area contributed by atoms with Crippen LogP contribution in [0.2, 0.25) is 5.02 Å². The van der Waals surface area contributed by atoms with Gasteiger partial charge in [-0.2, -0.15) is 0 Å². The minimum absolute atomic E-state index is 0.444. The molecule has 3 aromatic rings. The van der Waals surface area contributed by atoms with Gasteiger partial charge in [0.15, 0.2) is 0 Å². The standard InChI is InChI=1S/C31H34ClN3O2/c1-31(2,36)23-8-10-30-28(16-23)26(27-5-3-12-33-29(27)20-37-30)6-4-13-34-14-11-25(19-34)35-17-21-7-9-24(32)15-22(21)18-35/h3,5-10,12,15-16,25,36H,4,11,13-14,17-20H2,1-2H3/b26-6+/t25-/m1/s1. The average molecular weight is 516 g/mol. The Morgan fingerprint density at radius 3 is 2.84 bits per heavy atom. The molecule has 0 radical (unpaired) electrons. The minimum Gasteiger partial charge on any atom is -0.487 e. The van der Waals surface area contributed by atoms with Crippen molar-refractivity contribution >= 4 is 17.2 Å². The summed E-state index contributed by atoms with van der Waals surface area (Å²) in [5.41, 5.74) is 6.98. The third kappa shape index (κ3) is 5.06. The van der Waals surface area contributed by atoms with Gasteiger partial charge in [-0.15, -0.1) is 0 Å². The first kappa shape index (κ1) is 24.6. The molecule has 1 aromatic heterocycles. The number of aromatic nitrogens is 1. The van der Waals surface area contributed by atoms with Gasteiger partial charge in [0.05, 0.1) is 11.3 Å². The van der Waals surface area contributed by atoms with Crippen molar-refractivity contribution in [2.45, 2.75) is 58.0 Å². The van der Waals surface area contributed by atoms with Crippen molar-refractivity contribution in [1.29, 1.82) is 0 Å². The summed E-state index contributed by atoms with van der Waals surface area (Å²) in [6.07, 6.45) is 6.31. The first-order valence-corrected chi connectivity index (χ1v) is 13.6. The highest BCUT2D eigenvalue weighted by molar-refractivity contribution is 6.30. The summed E-state index contributed by atoms with van der Waals surface area (Å²) < 4.78 is 6.15. The molecule has 1 N–H and O–H groups in total. The lowest BCUT2D eigenvalue weighted by Gasteiger charge is -2.24. The van der Waals surface area contributed by atoms with Crippen LogP contribution in [0.25, 0.3) is 5.57 Å². The molecule has 192 valence electrons. The van der Waals surface area contributed by atoms with Gasteiger partial charge >= 0.3 is 0 Å². The van der Waals surface area contributed by atoms with E-state index in [4.69, 9.17) is 16.3 Å². The monoisotopic (exact) mass is 515 g/mol. The summed E-state index contributed by atoms with van der Waals surface area (Å²) in [6.45, 7) is 9.36. The molecular formula is C31H34ClN3O2. The van der Waals surface area contributed by atoms with Gasteiger partial charge in [0.25, 0.3) is 0 Å². The fourth-order valence-electron chi connectivity index (χ4n) is 5.91. The molecule has 4 heterocycles. The Kier molecular flexibility index (Phi) is 6.58. The first-order valence-electron chi connectivity index (χ1n) is 13.2. The summed E-state index contributed by atoms with van der Waals surface area (Å²) in [4.78, 5) is 9.80. The van der Waals surface area contributed by atoms with E-state index >= 15 is 0 Å². The summed E-state index contributed by atoms with van der Waals surface area (Å²) in [7, 11) is 0. The third-order valence-corrected chi connectivity index (χ3v) is 8.23. The number of rotatable bonds is 5. The lowest BCUT2D eigenvalue weighted by molar-refractivity contribution is 0.0785. The lowest BCUT2D eigenvalue weighted by Crippen LogP contribution is -2.33. The van der Waals surface area contributed by atoms with Crippen LogP contribution in [0, 0.1) is 0 Å². The fourth-order valence-corrected chi connectivity index (χ4v) is 6.10. The predicted molar refractivity (Wildman–Crippen MR) is 147 cm³/mol. The number of ether oxygens (including phenoxy) is 1. The number of aliphatic hydroxyl groups is 1. The van der Waals surface area contributed by atoms with Crippen LogP contribution >= 0.6 is 11.6 Å². The molecule has 5 nitrogen and oxygen atoms in total. The molecule has 6 heteroatoms. The molecule has 0 unspecified atom stereocenters. The van der Waals surface area contributed by atoms with E-state index in [1.54, 1.807) is 0 Å². The highest BCUT2D eigenvalue weighted by atomic mass is 35.5. The van der Waals surface area contributed by atoms with E-state index in [2.05, 4.69) is 45.1 Å². The van der Waals surface area contributed by atoms with E-state index in [0.29, 0.717) is 12.6 Å². The van der Waals surface area contributed by atoms with E-state index in [1.165, 1.54) is 17.5 Å². The molecular weight excluding hydrogens is 482 g/mol. The van der Waals surface area contributed by atoms with Crippen molar-refractivity contribution in [2.75, 3.05) is 19.6 Å². The molecule has 0 bridgehead atoms. The van der Waals surface area contributed by atoms with Crippen molar-refractivity contribution in [3.05, 3.63) is 99.3 Å². The van der Waals surface area contributed by atoms with Gasteiger partial charge in [-0.25, -0.2) is 0 Å². The SMILES string of the molecule is CC(C)(O)c1ccc2c(c1)/C(=C/CCN1CC[C@@H](N3Cc4ccc(Cl)cc4C3)C1)c1cccnc1CO2. The Balaban J connectivity index is 1.18. The molecule has 1 atom stereocenters.